The van der Waals surface area contributed by atoms with Gasteiger partial charge in [0.05, 0.1) is 0 Å². The maximum absolute atomic E-state index is 10.9. The summed E-state index contributed by atoms with van der Waals surface area (Å²) in [6.45, 7) is 17.0. The van der Waals surface area contributed by atoms with Crippen molar-refractivity contribution in [3.8, 4) is 0 Å². The van der Waals surface area contributed by atoms with E-state index in [1.165, 1.54) is 63.2 Å². The Labute approximate surface area is 168 Å². The summed E-state index contributed by atoms with van der Waals surface area (Å²) in [4.78, 5) is 25.1. The van der Waals surface area contributed by atoms with E-state index in [9.17, 15) is 9.59 Å². The Bertz CT molecular complexity index is 444. The Balaban J connectivity index is 0. The van der Waals surface area contributed by atoms with Crippen LogP contribution in [0.25, 0.3) is 0 Å². The van der Waals surface area contributed by atoms with Gasteiger partial charge in [0, 0.05) is 24.9 Å². The molecule has 0 aromatic rings. The molecule has 0 N–H and O–H groups in total. The van der Waals surface area contributed by atoms with Gasteiger partial charge in [0.25, 0.3) is 0 Å². The second kappa shape index (κ2) is 18.0. The van der Waals surface area contributed by atoms with Gasteiger partial charge in [0.1, 0.15) is 0 Å². The fourth-order valence-corrected chi connectivity index (χ4v) is 2.92. The van der Waals surface area contributed by atoms with Crippen molar-refractivity contribution >= 4 is 12.2 Å². The van der Waals surface area contributed by atoms with Gasteiger partial charge in [0.15, 0.2) is 5.78 Å². The number of allylic oxidation sites excluding steroid dienone is 3. The minimum atomic E-state index is -0.0539. The quantitative estimate of drug-likeness (QED) is 0.303. The van der Waals surface area contributed by atoms with Gasteiger partial charge in [-0.05, 0) is 58.5 Å². The fraction of sp³-hybridized carbons (Fsp3) is 0.739. The molecule has 1 amide bonds. The molecule has 0 aliphatic carbocycles. The fourth-order valence-electron chi connectivity index (χ4n) is 2.92. The third kappa shape index (κ3) is 13.4. The molecule has 4 heteroatoms. The maximum atomic E-state index is 10.9. The van der Waals surface area contributed by atoms with Crippen molar-refractivity contribution in [2.45, 2.75) is 86.6 Å². The number of ketones is 1. The molecule has 2 unspecified atom stereocenters. The van der Waals surface area contributed by atoms with Gasteiger partial charge >= 0.3 is 0 Å². The lowest BCUT2D eigenvalue weighted by Crippen LogP contribution is -2.30. The van der Waals surface area contributed by atoms with Crippen LogP contribution in [0.2, 0.25) is 0 Å². The van der Waals surface area contributed by atoms with Crippen LogP contribution in [-0.4, -0.2) is 48.2 Å². The summed E-state index contributed by atoms with van der Waals surface area (Å²) in [6, 6.07) is 0.907. The first-order chi connectivity index (χ1) is 12.9. The predicted molar refractivity (Wildman–Crippen MR) is 118 cm³/mol. The number of amides is 1. The summed E-state index contributed by atoms with van der Waals surface area (Å²) in [5.41, 5.74) is 0.520. The molecule has 27 heavy (non-hydrogen) atoms. The van der Waals surface area contributed by atoms with Crippen molar-refractivity contribution in [1.82, 2.24) is 9.80 Å². The number of rotatable bonds is 9. The molecule has 0 radical (unpaired) electrons. The second-order valence-corrected chi connectivity index (χ2v) is 6.95. The summed E-state index contributed by atoms with van der Waals surface area (Å²) in [5, 5.41) is 0. The number of carbonyl (C=O) groups excluding carboxylic acids is 2. The average molecular weight is 381 g/mol. The monoisotopic (exact) mass is 380 g/mol. The predicted octanol–water partition coefficient (Wildman–Crippen LogP) is 5.45. The standard InChI is InChI=1S/C12H25N.C9H13NO2.C2H6/c1-4-11(3)8-10-13-9-6-7-12(13)5-2;1-4-5-9(8(2)12)6-10(3)7-11;1-2/h11-12H,4-10H2,1-3H3;4-7H,1-3H3;1-2H3/b;5-4-,9-6+;. The van der Waals surface area contributed by atoms with E-state index in [4.69, 9.17) is 0 Å². The third-order valence-corrected chi connectivity index (χ3v) is 4.84. The lowest BCUT2D eigenvalue weighted by Gasteiger charge is -2.24. The highest BCUT2D eigenvalue weighted by atomic mass is 16.1. The molecular weight excluding hydrogens is 336 g/mol. The molecule has 0 bridgehead atoms. The second-order valence-electron chi connectivity index (χ2n) is 6.95. The van der Waals surface area contributed by atoms with E-state index in [2.05, 4.69) is 25.7 Å². The third-order valence-electron chi connectivity index (χ3n) is 4.84. The van der Waals surface area contributed by atoms with Gasteiger partial charge in [-0.15, -0.1) is 0 Å². The van der Waals surface area contributed by atoms with E-state index >= 15 is 0 Å². The number of likely N-dealkylation sites (tertiary alicyclic amines) is 1. The van der Waals surface area contributed by atoms with Crippen LogP contribution < -0.4 is 0 Å². The van der Waals surface area contributed by atoms with Crippen LogP contribution in [-0.2, 0) is 9.59 Å². The van der Waals surface area contributed by atoms with Crippen LogP contribution in [0.1, 0.15) is 80.6 Å². The lowest BCUT2D eigenvalue weighted by atomic mass is 10.0. The first kappa shape index (κ1) is 27.8. The first-order valence-electron chi connectivity index (χ1n) is 10.7. The average Bonchev–Trinajstić information content (AvgIpc) is 3.15. The van der Waals surface area contributed by atoms with Gasteiger partial charge in [-0.1, -0.05) is 53.2 Å². The van der Waals surface area contributed by atoms with Crippen molar-refractivity contribution in [2.75, 3.05) is 20.1 Å². The Hall–Kier alpha value is -1.42. The largest absolute Gasteiger partial charge is 0.324 e. The van der Waals surface area contributed by atoms with Crippen molar-refractivity contribution in [3.05, 3.63) is 23.9 Å². The molecule has 1 aliphatic rings. The molecule has 0 saturated carbocycles. The highest BCUT2D eigenvalue weighted by Crippen LogP contribution is 2.21. The van der Waals surface area contributed by atoms with E-state index in [-0.39, 0.29) is 5.78 Å². The molecule has 2 atom stereocenters. The molecule has 1 saturated heterocycles. The molecule has 1 rings (SSSR count). The summed E-state index contributed by atoms with van der Waals surface area (Å²) < 4.78 is 0. The topological polar surface area (TPSA) is 40.6 Å². The van der Waals surface area contributed by atoms with Gasteiger partial charge in [-0.2, -0.15) is 0 Å². The zero-order chi connectivity index (χ0) is 21.2. The smallest absolute Gasteiger partial charge is 0.213 e. The van der Waals surface area contributed by atoms with E-state index in [0.29, 0.717) is 12.0 Å². The number of hydrogen-bond acceptors (Lipinski definition) is 3. The summed E-state index contributed by atoms with van der Waals surface area (Å²) in [5.74, 6) is 0.861. The Morgan fingerprint density at radius 3 is 2.37 bits per heavy atom. The zero-order valence-corrected chi connectivity index (χ0v) is 19.1. The van der Waals surface area contributed by atoms with Gasteiger partial charge in [-0.25, -0.2) is 0 Å². The molecule has 158 valence electrons. The molecule has 0 aromatic carbocycles. The SMILES string of the molecule is C/C=C\C(=C/N(C)C=O)C(C)=O.CC.CCC(C)CCN1CCCC1CC. The summed E-state index contributed by atoms with van der Waals surface area (Å²) in [7, 11) is 1.58. The van der Waals surface area contributed by atoms with Gasteiger partial charge in [-0.3, -0.25) is 9.59 Å². The highest BCUT2D eigenvalue weighted by molar-refractivity contribution is 5.96. The lowest BCUT2D eigenvalue weighted by molar-refractivity contribution is -0.115. The van der Waals surface area contributed by atoms with E-state index < -0.39 is 0 Å². The first-order valence-corrected chi connectivity index (χ1v) is 10.7. The van der Waals surface area contributed by atoms with Crippen molar-refractivity contribution in [2.24, 2.45) is 5.92 Å². The number of Topliss-reactive ketones (excluding diaryl/α,β-unsaturated/α-hetero) is 1. The van der Waals surface area contributed by atoms with E-state index in [1.807, 2.05) is 20.8 Å². The Kier molecular flexibility index (Phi) is 18.5. The molecule has 1 heterocycles. The van der Waals surface area contributed by atoms with Gasteiger partial charge in [0.2, 0.25) is 6.41 Å². The van der Waals surface area contributed by atoms with Crippen LogP contribution in [0.15, 0.2) is 23.9 Å². The van der Waals surface area contributed by atoms with Gasteiger partial charge < -0.3 is 9.80 Å². The van der Waals surface area contributed by atoms with E-state index in [1.54, 1.807) is 19.2 Å². The highest BCUT2D eigenvalue weighted by Gasteiger charge is 2.22. The summed E-state index contributed by atoms with van der Waals surface area (Å²) in [6.07, 6.45) is 12.5. The van der Waals surface area contributed by atoms with Crippen LogP contribution in [0.3, 0.4) is 0 Å². The Morgan fingerprint density at radius 2 is 1.93 bits per heavy atom. The van der Waals surface area contributed by atoms with Crippen LogP contribution in [0.4, 0.5) is 0 Å². The molecule has 4 nitrogen and oxygen atoms in total. The number of hydrogen-bond donors (Lipinski definition) is 0. The van der Waals surface area contributed by atoms with Crippen LogP contribution in [0, 0.1) is 5.92 Å². The normalized spacial score (nSPS) is 18.2. The summed E-state index contributed by atoms with van der Waals surface area (Å²) >= 11 is 0. The number of carbonyl (C=O) groups is 2. The van der Waals surface area contributed by atoms with Crippen molar-refractivity contribution in [1.29, 1.82) is 0 Å². The molecule has 0 spiro atoms. The minimum absolute atomic E-state index is 0.0539. The molecule has 0 aromatic heterocycles. The van der Waals surface area contributed by atoms with Crippen molar-refractivity contribution in [3.63, 3.8) is 0 Å². The molecule has 1 aliphatic heterocycles. The zero-order valence-electron chi connectivity index (χ0n) is 19.1. The number of nitrogens with zero attached hydrogens (tertiary/aromatic N) is 2. The van der Waals surface area contributed by atoms with E-state index in [0.717, 1.165) is 12.0 Å². The Morgan fingerprint density at radius 1 is 1.30 bits per heavy atom. The van der Waals surface area contributed by atoms with Crippen molar-refractivity contribution < 1.29 is 9.59 Å². The van der Waals surface area contributed by atoms with Crippen LogP contribution >= 0.6 is 0 Å². The molecular formula is C23H44N2O2. The molecule has 1 fully saturated rings. The maximum Gasteiger partial charge on any atom is 0.213 e. The minimum Gasteiger partial charge on any atom is -0.324 e. The van der Waals surface area contributed by atoms with Crippen LogP contribution in [0.5, 0.6) is 0 Å².